The topological polar surface area (TPSA) is 72.3 Å². The van der Waals surface area contributed by atoms with Crippen LogP contribution in [0.5, 0.6) is 0 Å². The van der Waals surface area contributed by atoms with Gasteiger partial charge in [0.1, 0.15) is 5.69 Å². The molecular weight excluding hydrogens is 374 g/mol. The van der Waals surface area contributed by atoms with Gasteiger partial charge in [-0.15, -0.1) is 0 Å². The summed E-state index contributed by atoms with van der Waals surface area (Å²) in [5.74, 6) is -0.0534. The first-order valence-corrected chi connectivity index (χ1v) is 9.96. The van der Waals surface area contributed by atoms with Crippen molar-refractivity contribution in [2.45, 2.75) is 6.92 Å². The maximum atomic E-state index is 13.0. The van der Waals surface area contributed by atoms with Crippen molar-refractivity contribution >= 4 is 23.0 Å². The van der Waals surface area contributed by atoms with Gasteiger partial charge in [-0.1, -0.05) is 12.1 Å². The smallest absolute Gasteiger partial charge is 0.272 e. The maximum Gasteiger partial charge on any atom is 0.272 e. The molecular formula is C24H23N5O. The lowest BCUT2D eigenvalue weighted by Gasteiger charge is -2.36. The van der Waals surface area contributed by atoms with Crippen LogP contribution in [-0.2, 0) is 0 Å². The Kier molecular flexibility index (Phi) is 5.62. The molecule has 150 valence electrons. The van der Waals surface area contributed by atoms with E-state index in [9.17, 15) is 4.79 Å². The number of rotatable bonds is 4. The molecule has 30 heavy (non-hydrogen) atoms. The molecule has 0 unspecified atom stereocenters. The first-order valence-electron chi connectivity index (χ1n) is 9.96. The summed E-state index contributed by atoms with van der Waals surface area (Å²) >= 11 is 0. The third kappa shape index (κ3) is 4.41. The third-order valence-electron chi connectivity index (χ3n) is 5.22. The molecule has 6 nitrogen and oxygen atoms in total. The number of nitriles is 1. The summed E-state index contributed by atoms with van der Waals surface area (Å²) in [5, 5.41) is 12.2. The Hall–Kier alpha value is -3.85. The zero-order chi connectivity index (χ0) is 20.9. The van der Waals surface area contributed by atoms with Crippen LogP contribution in [0.3, 0.4) is 0 Å². The number of piperazine rings is 1. The zero-order valence-corrected chi connectivity index (χ0v) is 16.9. The van der Waals surface area contributed by atoms with Crippen LogP contribution in [0.15, 0.2) is 66.9 Å². The molecule has 2 heterocycles. The van der Waals surface area contributed by atoms with E-state index < -0.39 is 0 Å². The fourth-order valence-corrected chi connectivity index (χ4v) is 3.57. The number of nitrogens with zero attached hydrogens (tertiary/aromatic N) is 4. The van der Waals surface area contributed by atoms with E-state index in [-0.39, 0.29) is 5.91 Å². The van der Waals surface area contributed by atoms with E-state index in [0.717, 1.165) is 24.5 Å². The number of hydrogen-bond donors (Lipinski definition) is 1. The zero-order valence-electron chi connectivity index (χ0n) is 16.9. The highest BCUT2D eigenvalue weighted by atomic mass is 16.2. The predicted molar refractivity (Wildman–Crippen MR) is 118 cm³/mol. The molecule has 1 aromatic heterocycles. The van der Waals surface area contributed by atoms with Gasteiger partial charge >= 0.3 is 0 Å². The van der Waals surface area contributed by atoms with Gasteiger partial charge in [-0.3, -0.25) is 9.78 Å². The minimum Gasteiger partial charge on any atom is -0.368 e. The van der Waals surface area contributed by atoms with Crippen molar-refractivity contribution in [1.82, 2.24) is 9.88 Å². The van der Waals surface area contributed by atoms with Gasteiger partial charge in [-0.05, 0) is 61.0 Å². The van der Waals surface area contributed by atoms with Gasteiger partial charge in [-0.25, -0.2) is 0 Å². The second-order valence-electron chi connectivity index (χ2n) is 7.36. The van der Waals surface area contributed by atoms with Crippen molar-refractivity contribution in [1.29, 1.82) is 5.26 Å². The molecule has 0 saturated carbocycles. The van der Waals surface area contributed by atoms with Gasteiger partial charge < -0.3 is 15.1 Å². The number of carbonyl (C=O) groups is 1. The van der Waals surface area contributed by atoms with Crippen LogP contribution in [0.2, 0.25) is 0 Å². The Morgan fingerprint density at radius 1 is 1.00 bits per heavy atom. The largest absolute Gasteiger partial charge is 0.368 e. The van der Waals surface area contributed by atoms with E-state index in [4.69, 9.17) is 5.26 Å². The summed E-state index contributed by atoms with van der Waals surface area (Å²) < 4.78 is 0. The number of aryl methyl sites for hydroxylation is 1. The van der Waals surface area contributed by atoms with Crippen molar-refractivity contribution in [3.63, 3.8) is 0 Å². The highest BCUT2D eigenvalue weighted by Crippen LogP contribution is 2.20. The summed E-state index contributed by atoms with van der Waals surface area (Å²) in [6.45, 7) is 5.04. The molecule has 3 aromatic rings. The SMILES string of the molecule is Cc1cccc(N2CCN(C(=O)c3cc(Nc4ccc(C#N)cc4)ccn3)CC2)c1. The molecule has 1 fully saturated rings. The first kappa shape index (κ1) is 19.5. The van der Waals surface area contributed by atoms with Crippen LogP contribution >= 0.6 is 0 Å². The fraction of sp³-hybridized carbons (Fsp3) is 0.208. The van der Waals surface area contributed by atoms with E-state index >= 15 is 0 Å². The van der Waals surface area contributed by atoms with E-state index in [2.05, 4.69) is 52.5 Å². The molecule has 1 saturated heterocycles. The predicted octanol–water partition coefficient (Wildman–Crippen LogP) is 3.97. The van der Waals surface area contributed by atoms with Crippen molar-refractivity contribution < 1.29 is 4.79 Å². The molecule has 0 aliphatic carbocycles. The lowest BCUT2D eigenvalue weighted by molar-refractivity contribution is 0.0741. The second kappa shape index (κ2) is 8.66. The monoisotopic (exact) mass is 397 g/mol. The maximum absolute atomic E-state index is 13.0. The van der Waals surface area contributed by atoms with Crippen molar-refractivity contribution in [2.24, 2.45) is 0 Å². The Morgan fingerprint density at radius 3 is 2.47 bits per heavy atom. The van der Waals surface area contributed by atoms with Crippen LogP contribution < -0.4 is 10.2 Å². The van der Waals surface area contributed by atoms with Gasteiger partial charge in [0, 0.05) is 49.4 Å². The number of hydrogen-bond acceptors (Lipinski definition) is 5. The Balaban J connectivity index is 1.40. The normalized spacial score (nSPS) is 13.6. The van der Waals surface area contributed by atoms with E-state index in [1.54, 1.807) is 24.4 Å². The average molecular weight is 397 g/mol. The molecule has 1 aliphatic rings. The Labute approximate surface area is 176 Å². The highest BCUT2D eigenvalue weighted by molar-refractivity contribution is 5.93. The van der Waals surface area contributed by atoms with Gasteiger partial charge in [0.05, 0.1) is 11.6 Å². The quantitative estimate of drug-likeness (QED) is 0.721. The number of aromatic nitrogens is 1. The Bertz CT molecular complexity index is 1080. The molecule has 6 heteroatoms. The second-order valence-corrected chi connectivity index (χ2v) is 7.36. The lowest BCUT2D eigenvalue weighted by atomic mass is 10.2. The number of carbonyl (C=O) groups excluding carboxylic acids is 1. The summed E-state index contributed by atoms with van der Waals surface area (Å²) in [4.78, 5) is 21.4. The standard InChI is InChI=1S/C24H23N5O/c1-18-3-2-4-22(15-18)28-11-13-29(14-12-28)24(30)23-16-21(9-10-26-23)27-20-7-5-19(17-25)6-8-20/h2-10,15-16H,11-14H2,1H3,(H,26,27). The molecule has 2 aromatic carbocycles. The molecule has 4 rings (SSSR count). The number of amides is 1. The van der Waals surface area contributed by atoms with E-state index in [1.165, 1.54) is 11.3 Å². The molecule has 1 amide bonds. The summed E-state index contributed by atoms with van der Waals surface area (Å²) in [6, 6.07) is 21.3. The van der Waals surface area contributed by atoms with Gasteiger partial charge in [0.25, 0.3) is 5.91 Å². The highest BCUT2D eigenvalue weighted by Gasteiger charge is 2.23. The fourth-order valence-electron chi connectivity index (χ4n) is 3.57. The molecule has 1 aliphatic heterocycles. The minimum atomic E-state index is -0.0534. The van der Waals surface area contributed by atoms with Crippen LogP contribution in [0, 0.1) is 18.3 Å². The van der Waals surface area contributed by atoms with Crippen LogP contribution in [0.25, 0.3) is 0 Å². The summed E-state index contributed by atoms with van der Waals surface area (Å²) in [6.07, 6.45) is 1.64. The molecule has 0 bridgehead atoms. The van der Waals surface area contributed by atoms with Crippen LogP contribution in [-0.4, -0.2) is 42.0 Å². The number of nitrogens with one attached hydrogen (secondary N) is 1. The van der Waals surface area contributed by atoms with Gasteiger partial charge in [0.15, 0.2) is 0 Å². The third-order valence-corrected chi connectivity index (χ3v) is 5.22. The number of anilines is 3. The van der Waals surface area contributed by atoms with Crippen molar-refractivity contribution in [3.8, 4) is 6.07 Å². The Morgan fingerprint density at radius 2 is 1.77 bits per heavy atom. The van der Waals surface area contributed by atoms with Crippen molar-refractivity contribution in [2.75, 3.05) is 36.4 Å². The number of pyridine rings is 1. The summed E-state index contributed by atoms with van der Waals surface area (Å²) in [7, 11) is 0. The van der Waals surface area contributed by atoms with Gasteiger partial charge in [-0.2, -0.15) is 5.26 Å². The van der Waals surface area contributed by atoms with Gasteiger partial charge in [0.2, 0.25) is 0 Å². The first-order chi connectivity index (χ1) is 14.6. The van der Waals surface area contributed by atoms with E-state index in [0.29, 0.717) is 24.3 Å². The minimum absolute atomic E-state index is 0.0534. The van der Waals surface area contributed by atoms with Crippen molar-refractivity contribution in [3.05, 3.63) is 83.7 Å². The molecule has 0 radical (unpaired) electrons. The summed E-state index contributed by atoms with van der Waals surface area (Å²) in [5.41, 5.74) is 5.12. The molecule has 0 atom stereocenters. The number of benzene rings is 2. The molecule has 0 spiro atoms. The van der Waals surface area contributed by atoms with Crippen LogP contribution in [0.1, 0.15) is 21.6 Å². The average Bonchev–Trinajstić information content (AvgIpc) is 2.79. The van der Waals surface area contributed by atoms with Crippen LogP contribution in [0.4, 0.5) is 17.1 Å². The van der Waals surface area contributed by atoms with E-state index in [1.807, 2.05) is 23.1 Å². The lowest BCUT2D eigenvalue weighted by Crippen LogP contribution is -2.49. The molecule has 1 N–H and O–H groups in total.